The number of ether oxygens (including phenoxy) is 1. The van der Waals surface area contributed by atoms with Crippen LogP contribution in [0.2, 0.25) is 0 Å². The second-order valence-electron chi connectivity index (χ2n) is 8.56. The van der Waals surface area contributed by atoms with Gasteiger partial charge in [-0.3, -0.25) is 9.59 Å². The molecule has 1 heterocycles. The van der Waals surface area contributed by atoms with Crippen molar-refractivity contribution in [2.45, 2.75) is 39.3 Å². The minimum atomic E-state index is -0.337. The number of amides is 2. The average Bonchev–Trinajstić information content (AvgIpc) is 2.85. The Balaban J connectivity index is 1.50. The molecule has 0 spiro atoms. The number of nitrogens with zero attached hydrogens (tertiary/aromatic N) is 1. The Labute approximate surface area is 199 Å². The Morgan fingerprint density at radius 2 is 1.88 bits per heavy atom. The summed E-state index contributed by atoms with van der Waals surface area (Å²) in [6.07, 6.45) is 1.22. The minimum Gasteiger partial charge on any atom is -0.484 e. The van der Waals surface area contributed by atoms with Crippen molar-refractivity contribution in [1.82, 2.24) is 10.2 Å². The molecule has 3 aromatic carbocycles. The van der Waals surface area contributed by atoms with Gasteiger partial charge in [-0.1, -0.05) is 55.0 Å². The van der Waals surface area contributed by atoms with Crippen molar-refractivity contribution < 1.29 is 18.7 Å². The molecule has 1 atom stereocenters. The molecular weight excluding hydrogens is 431 g/mol. The molecule has 0 fully saturated rings. The van der Waals surface area contributed by atoms with Crippen molar-refractivity contribution in [1.29, 1.82) is 0 Å². The van der Waals surface area contributed by atoms with Crippen molar-refractivity contribution in [3.05, 3.63) is 100 Å². The molecule has 4 rings (SSSR count). The number of hydrogen-bond acceptors (Lipinski definition) is 3. The number of carbonyl (C=O) groups is 2. The third kappa shape index (κ3) is 5.45. The van der Waals surface area contributed by atoms with Gasteiger partial charge < -0.3 is 15.0 Å². The molecular formula is C28H29FN2O3. The molecule has 1 N–H and O–H groups in total. The molecule has 1 aliphatic rings. The highest BCUT2D eigenvalue weighted by molar-refractivity contribution is 5.78. The van der Waals surface area contributed by atoms with Crippen molar-refractivity contribution in [2.24, 2.45) is 0 Å². The first-order valence-electron chi connectivity index (χ1n) is 11.6. The van der Waals surface area contributed by atoms with Gasteiger partial charge in [0, 0.05) is 19.5 Å². The van der Waals surface area contributed by atoms with E-state index < -0.39 is 0 Å². The Morgan fingerprint density at radius 3 is 2.62 bits per heavy atom. The summed E-state index contributed by atoms with van der Waals surface area (Å²) in [5.74, 6) is 0.0532. The van der Waals surface area contributed by atoms with Crippen LogP contribution in [0, 0.1) is 12.7 Å². The molecule has 2 amide bonds. The summed E-state index contributed by atoms with van der Waals surface area (Å²) >= 11 is 0. The second kappa shape index (κ2) is 10.5. The van der Waals surface area contributed by atoms with Gasteiger partial charge in [-0.05, 0) is 59.9 Å². The average molecular weight is 461 g/mol. The Bertz CT molecular complexity index is 1180. The summed E-state index contributed by atoms with van der Waals surface area (Å²) in [5.41, 5.74) is 5.10. The molecule has 5 nitrogen and oxygen atoms in total. The molecule has 0 radical (unpaired) electrons. The third-order valence-electron chi connectivity index (χ3n) is 6.11. The van der Waals surface area contributed by atoms with E-state index in [9.17, 15) is 14.0 Å². The van der Waals surface area contributed by atoms with E-state index in [2.05, 4.69) is 29.6 Å². The lowest BCUT2D eigenvalue weighted by Gasteiger charge is -2.38. The van der Waals surface area contributed by atoms with Crippen molar-refractivity contribution >= 4 is 11.8 Å². The van der Waals surface area contributed by atoms with Crippen LogP contribution in [-0.4, -0.2) is 29.9 Å². The van der Waals surface area contributed by atoms with Crippen LogP contribution < -0.4 is 10.1 Å². The fourth-order valence-corrected chi connectivity index (χ4v) is 4.31. The molecule has 176 valence electrons. The van der Waals surface area contributed by atoms with Crippen LogP contribution >= 0.6 is 0 Å². The van der Waals surface area contributed by atoms with Gasteiger partial charge in [-0.15, -0.1) is 0 Å². The number of hydrogen-bond donors (Lipinski definition) is 1. The zero-order chi connectivity index (χ0) is 24.1. The van der Waals surface area contributed by atoms with E-state index in [0.717, 1.165) is 23.1 Å². The van der Waals surface area contributed by atoms with E-state index in [1.165, 1.54) is 17.7 Å². The van der Waals surface area contributed by atoms with E-state index in [-0.39, 0.29) is 36.8 Å². The van der Waals surface area contributed by atoms with Crippen LogP contribution in [0.25, 0.3) is 0 Å². The van der Waals surface area contributed by atoms with Gasteiger partial charge in [0.25, 0.3) is 5.91 Å². The summed E-state index contributed by atoms with van der Waals surface area (Å²) in [6, 6.07) is 20.0. The number of fused-ring (bicyclic) bond motifs is 1. The number of rotatable bonds is 7. The molecule has 1 aliphatic heterocycles. The van der Waals surface area contributed by atoms with Crippen LogP contribution in [0.3, 0.4) is 0 Å². The number of nitrogens with one attached hydrogen (secondary N) is 1. The molecule has 0 saturated heterocycles. The Morgan fingerprint density at radius 1 is 1.09 bits per heavy atom. The zero-order valence-electron chi connectivity index (χ0n) is 19.5. The van der Waals surface area contributed by atoms with E-state index in [4.69, 9.17) is 4.74 Å². The van der Waals surface area contributed by atoms with Crippen LogP contribution in [0.1, 0.15) is 47.2 Å². The summed E-state index contributed by atoms with van der Waals surface area (Å²) < 4.78 is 19.1. The molecule has 0 aromatic heterocycles. The van der Waals surface area contributed by atoms with Gasteiger partial charge in [0.05, 0.1) is 6.04 Å². The van der Waals surface area contributed by atoms with E-state index in [1.807, 2.05) is 36.9 Å². The van der Waals surface area contributed by atoms with Crippen molar-refractivity contribution in [2.75, 3.05) is 13.2 Å². The first-order chi connectivity index (χ1) is 16.4. The second-order valence-corrected chi connectivity index (χ2v) is 8.56. The van der Waals surface area contributed by atoms with Crippen LogP contribution in [0.5, 0.6) is 5.75 Å². The van der Waals surface area contributed by atoms with Crippen LogP contribution in [0.4, 0.5) is 4.39 Å². The lowest BCUT2D eigenvalue weighted by molar-refractivity contribution is -0.133. The molecule has 0 unspecified atom stereocenters. The maximum atomic E-state index is 13.3. The standard InChI is InChI=1S/C28H29FN2O3/c1-3-27(33)31-14-13-21-11-12-24(16-25(21)28(31)22-9-7-19(2)8-10-22)34-18-26(32)30-17-20-5-4-6-23(29)15-20/h4-12,15-16,28H,3,13-14,17-18H2,1-2H3,(H,30,32)/t28-/m0/s1. The van der Waals surface area contributed by atoms with Crippen LogP contribution in [0.15, 0.2) is 66.7 Å². The van der Waals surface area contributed by atoms with E-state index >= 15 is 0 Å². The topological polar surface area (TPSA) is 58.6 Å². The number of halogens is 1. The summed E-state index contributed by atoms with van der Waals surface area (Å²) in [5, 5.41) is 2.74. The van der Waals surface area contributed by atoms with Gasteiger partial charge in [-0.2, -0.15) is 0 Å². The fraction of sp³-hybridized carbons (Fsp3) is 0.286. The Hall–Kier alpha value is -3.67. The highest BCUT2D eigenvalue weighted by atomic mass is 19.1. The number of carbonyl (C=O) groups excluding carboxylic acids is 2. The number of aryl methyl sites for hydroxylation is 1. The maximum absolute atomic E-state index is 13.3. The fourth-order valence-electron chi connectivity index (χ4n) is 4.31. The SMILES string of the molecule is CCC(=O)N1CCc2ccc(OCC(=O)NCc3cccc(F)c3)cc2[C@@H]1c1ccc(C)cc1. The monoisotopic (exact) mass is 460 g/mol. The molecule has 3 aromatic rings. The van der Waals surface area contributed by atoms with Crippen molar-refractivity contribution in [3.63, 3.8) is 0 Å². The largest absolute Gasteiger partial charge is 0.484 e. The summed E-state index contributed by atoms with van der Waals surface area (Å²) in [7, 11) is 0. The first-order valence-corrected chi connectivity index (χ1v) is 11.6. The summed E-state index contributed by atoms with van der Waals surface area (Å²) in [6.45, 7) is 4.67. The smallest absolute Gasteiger partial charge is 0.258 e. The zero-order valence-corrected chi connectivity index (χ0v) is 19.5. The normalized spacial score (nSPS) is 14.9. The highest BCUT2D eigenvalue weighted by Crippen LogP contribution is 2.37. The lowest BCUT2D eigenvalue weighted by Crippen LogP contribution is -2.40. The quantitative estimate of drug-likeness (QED) is 0.555. The third-order valence-corrected chi connectivity index (χ3v) is 6.11. The predicted octanol–water partition coefficient (Wildman–Crippen LogP) is 4.71. The van der Waals surface area contributed by atoms with Crippen LogP contribution in [-0.2, 0) is 22.6 Å². The molecule has 0 aliphatic carbocycles. The first kappa shape index (κ1) is 23.5. The van der Waals surface area contributed by atoms with Gasteiger partial charge in [-0.25, -0.2) is 4.39 Å². The van der Waals surface area contributed by atoms with E-state index in [0.29, 0.717) is 24.3 Å². The maximum Gasteiger partial charge on any atom is 0.258 e. The number of benzene rings is 3. The molecule has 6 heteroatoms. The Kier molecular flexibility index (Phi) is 7.26. The van der Waals surface area contributed by atoms with E-state index in [1.54, 1.807) is 12.1 Å². The van der Waals surface area contributed by atoms with Gasteiger partial charge in [0.1, 0.15) is 11.6 Å². The van der Waals surface area contributed by atoms with Gasteiger partial charge in [0.2, 0.25) is 5.91 Å². The highest BCUT2D eigenvalue weighted by Gasteiger charge is 2.31. The van der Waals surface area contributed by atoms with Gasteiger partial charge >= 0.3 is 0 Å². The minimum absolute atomic E-state index is 0.110. The molecule has 34 heavy (non-hydrogen) atoms. The molecule has 0 bridgehead atoms. The predicted molar refractivity (Wildman–Crippen MR) is 129 cm³/mol. The molecule has 0 saturated carbocycles. The summed E-state index contributed by atoms with van der Waals surface area (Å²) in [4.78, 5) is 27.0. The van der Waals surface area contributed by atoms with Crippen molar-refractivity contribution in [3.8, 4) is 5.75 Å². The lowest BCUT2D eigenvalue weighted by atomic mass is 9.87. The van der Waals surface area contributed by atoms with Gasteiger partial charge in [0.15, 0.2) is 6.61 Å².